The molecule has 2 saturated heterocycles. The second-order valence-corrected chi connectivity index (χ2v) is 6.39. The normalized spacial score (nSPS) is 28.6. The fourth-order valence-corrected chi connectivity index (χ4v) is 3.69. The van der Waals surface area contributed by atoms with E-state index in [-0.39, 0.29) is 0 Å². The van der Waals surface area contributed by atoms with Crippen LogP contribution in [0.3, 0.4) is 0 Å². The van der Waals surface area contributed by atoms with Crippen LogP contribution in [0.4, 0.5) is 13.2 Å². The van der Waals surface area contributed by atoms with Crippen LogP contribution in [0.15, 0.2) is 6.20 Å². The number of nitrogens with one attached hydrogen (secondary N) is 1. The van der Waals surface area contributed by atoms with Crippen LogP contribution in [-0.2, 0) is 12.7 Å². The Kier molecular flexibility index (Phi) is 3.53. The fraction of sp³-hybridized carbons (Fsp3) is 0.750. The van der Waals surface area contributed by atoms with Crippen molar-refractivity contribution >= 4 is 11.3 Å². The van der Waals surface area contributed by atoms with Gasteiger partial charge in [0.2, 0.25) is 0 Å². The van der Waals surface area contributed by atoms with Crippen LogP contribution in [0, 0.1) is 0 Å². The number of aromatic nitrogens is 1. The van der Waals surface area contributed by atoms with Gasteiger partial charge in [0.15, 0.2) is 0 Å². The second-order valence-electron chi connectivity index (χ2n) is 5.28. The largest absolute Gasteiger partial charge is 0.427 e. The van der Waals surface area contributed by atoms with Gasteiger partial charge in [-0.1, -0.05) is 0 Å². The molecule has 19 heavy (non-hydrogen) atoms. The first-order chi connectivity index (χ1) is 9.00. The maximum atomic E-state index is 12.5. The number of fused-ring (bicyclic) bond motifs is 2. The zero-order valence-electron chi connectivity index (χ0n) is 10.4. The van der Waals surface area contributed by atoms with Crippen molar-refractivity contribution in [3.05, 3.63) is 16.1 Å². The maximum absolute atomic E-state index is 12.5. The average molecular weight is 291 g/mol. The number of thiazole rings is 1. The fourth-order valence-electron chi connectivity index (χ4n) is 2.86. The average Bonchev–Trinajstić information content (AvgIpc) is 2.88. The lowest BCUT2D eigenvalue weighted by molar-refractivity contribution is -0.134. The highest BCUT2D eigenvalue weighted by Crippen LogP contribution is 2.33. The highest BCUT2D eigenvalue weighted by molar-refractivity contribution is 7.11. The van der Waals surface area contributed by atoms with Crippen LogP contribution in [0.2, 0.25) is 0 Å². The van der Waals surface area contributed by atoms with Gasteiger partial charge in [0.1, 0.15) is 9.88 Å². The molecular weight excluding hydrogens is 275 g/mol. The standard InChI is InChI=1S/C12H16F3N3S/c13-12(14,15)10-5-16-11(19-10)7-18-4-3-8-1-2-9(6-18)17-8/h5,8-9,17H,1-4,6-7H2. The van der Waals surface area contributed by atoms with Gasteiger partial charge < -0.3 is 5.32 Å². The minimum absolute atomic E-state index is 0.495. The molecule has 2 fully saturated rings. The van der Waals surface area contributed by atoms with E-state index in [9.17, 15) is 13.2 Å². The summed E-state index contributed by atoms with van der Waals surface area (Å²) in [6.45, 7) is 2.39. The number of nitrogens with zero attached hydrogens (tertiary/aromatic N) is 2. The highest BCUT2D eigenvalue weighted by Gasteiger charge is 2.34. The van der Waals surface area contributed by atoms with E-state index in [0.717, 1.165) is 37.0 Å². The SMILES string of the molecule is FC(F)(F)c1cnc(CN2CCC3CCC(C2)N3)s1. The predicted octanol–water partition coefficient (Wildman–Crippen LogP) is 2.49. The van der Waals surface area contributed by atoms with Gasteiger partial charge >= 0.3 is 6.18 Å². The number of halogens is 3. The molecule has 0 radical (unpaired) electrons. The molecule has 106 valence electrons. The van der Waals surface area contributed by atoms with E-state index in [1.165, 1.54) is 12.8 Å². The molecule has 2 atom stereocenters. The van der Waals surface area contributed by atoms with Crippen molar-refractivity contribution in [2.45, 2.75) is 44.1 Å². The topological polar surface area (TPSA) is 28.2 Å². The molecule has 0 amide bonds. The molecule has 2 aliphatic heterocycles. The molecular formula is C12H16F3N3S. The monoisotopic (exact) mass is 291 g/mol. The number of hydrogen-bond acceptors (Lipinski definition) is 4. The first kappa shape index (κ1) is 13.3. The highest BCUT2D eigenvalue weighted by atomic mass is 32.1. The summed E-state index contributed by atoms with van der Waals surface area (Å²) >= 11 is 0.762. The van der Waals surface area contributed by atoms with E-state index in [0.29, 0.717) is 23.6 Å². The Bertz CT molecular complexity index is 446. The van der Waals surface area contributed by atoms with Crippen LogP contribution in [-0.4, -0.2) is 35.1 Å². The van der Waals surface area contributed by atoms with Gasteiger partial charge in [0.25, 0.3) is 0 Å². The summed E-state index contributed by atoms with van der Waals surface area (Å²) in [6, 6.07) is 1.09. The molecule has 3 rings (SSSR count). The van der Waals surface area contributed by atoms with E-state index in [1.807, 2.05) is 0 Å². The van der Waals surface area contributed by atoms with Gasteiger partial charge in [0.05, 0.1) is 12.7 Å². The van der Waals surface area contributed by atoms with Crippen molar-refractivity contribution in [2.75, 3.05) is 13.1 Å². The molecule has 0 saturated carbocycles. The van der Waals surface area contributed by atoms with Crippen LogP contribution < -0.4 is 5.32 Å². The zero-order chi connectivity index (χ0) is 13.5. The van der Waals surface area contributed by atoms with Crippen LogP contribution in [0.25, 0.3) is 0 Å². The van der Waals surface area contributed by atoms with Crippen molar-refractivity contribution < 1.29 is 13.2 Å². The van der Waals surface area contributed by atoms with E-state index >= 15 is 0 Å². The van der Waals surface area contributed by atoms with Gasteiger partial charge in [-0.2, -0.15) is 13.2 Å². The first-order valence-electron chi connectivity index (χ1n) is 6.51. The minimum atomic E-state index is -4.27. The summed E-state index contributed by atoms with van der Waals surface area (Å²) in [4.78, 5) is 5.52. The lowest BCUT2D eigenvalue weighted by Gasteiger charge is -2.22. The molecule has 2 aliphatic rings. The summed E-state index contributed by atoms with van der Waals surface area (Å²) < 4.78 is 37.5. The van der Waals surface area contributed by atoms with Gasteiger partial charge in [-0.25, -0.2) is 4.98 Å². The molecule has 1 aromatic rings. The molecule has 3 nitrogen and oxygen atoms in total. The zero-order valence-corrected chi connectivity index (χ0v) is 11.2. The summed E-state index contributed by atoms with van der Waals surface area (Å²) in [5.41, 5.74) is 0. The van der Waals surface area contributed by atoms with Crippen LogP contribution >= 0.6 is 11.3 Å². The van der Waals surface area contributed by atoms with E-state index in [2.05, 4.69) is 15.2 Å². The molecule has 1 N–H and O–H groups in total. The lowest BCUT2D eigenvalue weighted by atomic mass is 10.1. The lowest BCUT2D eigenvalue weighted by Crippen LogP contribution is -2.34. The number of hydrogen-bond donors (Lipinski definition) is 1. The van der Waals surface area contributed by atoms with E-state index in [1.54, 1.807) is 0 Å². The van der Waals surface area contributed by atoms with Crippen molar-refractivity contribution in [2.24, 2.45) is 0 Å². The third-order valence-corrected chi connectivity index (χ3v) is 4.83. The summed E-state index contributed by atoms with van der Waals surface area (Å²) in [5.74, 6) is 0. The maximum Gasteiger partial charge on any atom is 0.427 e. The quantitative estimate of drug-likeness (QED) is 0.907. The third-order valence-electron chi connectivity index (χ3n) is 3.80. The Morgan fingerprint density at radius 2 is 2.11 bits per heavy atom. The number of likely N-dealkylation sites (tertiary alicyclic amines) is 1. The van der Waals surface area contributed by atoms with E-state index < -0.39 is 11.1 Å². The number of rotatable bonds is 2. The minimum Gasteiger partial charge on any atom is -0.310 e. The summed E-state index contributed by atoms with van der Waals surface area (Å²) in [7, 11) is 0. The Labute approximate surface area is 113 Å². The molecule has 7 heteroatoms. The Morgan fingerprint density at radius 1 is 1.32 bits per heavy atom. The molecule has 3 heterocycles. The Morgan fingerprint density at radius 3 is 2.84 bits per heavy atom. The molecule has 0 aromatic carbocycles. The predicted molar refractivity (Wildman–Crippen MR) is 67.0 cm³/mol. The molecule has 2 bridgehead atoms. The van der Waals surface area contributed by atoms with Crippen molar-refractivity contribution in [3.8, 4) is 0 Å². The second kappa shape index (κ2) is 5.03. The van der Waals surface area contributed by atoms with Gasteiger partial charge in [0, 0.05) is 25.2 Å². The summed E-state index contributed by atoms with van der Waals surface area (Å²) in [6.07, 6.45) is 0.159. The Balaban J connectivity index is 1.63. The Hall–Kier alpha value is -0.660. The van der Waals surface area contributed by atoms with Gasteiger partial charge in [-0.15, -0.1) is 11.3 Å². The third kappa shape index (κ3) is 3.09. The van der Waals surface area contributed by atoms with Gasteiger partial charge in [-0.3, -0.25) is 4.90 Å². The van der Waals surface area contributed by atoms with E-state index in [4.69, 9.17) is 0 Å². The first-order valence-corrected chi connectivity index (χ1v) is 7.32. The molecule has 0 aliphatic carbocycles. The van der Waals surface area contributed by atoms with Crippen molar-refractivity contribution in [3.63, 3.8) is 0 Å². The molecule has 0 spiro atoms. The van der Waals surface area contributed by atoms with Crippen molar-refractivity contribution in [1.82, 2.24) is 15.2 Å². The van der Waals surface area contributed by atoms with Gasteiger partial charge in [-0.05, 0) is 19.3 Å². The van der Waals surface area contributed by atoms with Crippen molar-refractivity contribution in [1.29, 1.82) is 0 Å². The molecule has 2 unspecified atom stereocenters. The number of alkyl halides is 3. The molecule has 1 aromatic heterocycles. The van der Waals surface area contributed by atoms with Crippen LogP contribution in [0.5, 0.6) is 0 Å². The summed E-state index contributed by atoms with van der Waals surface area (Å²) in [5, 5.41) is 4.12. The smallest absolute Gasteiger partial charge is 0.310 e. The van der Waals surface area contributed by atoms with Crippen LogP contribution in [0.1, 0.15) is 29.1 Å².